The fourth-order valence-electron chi connectivity index (χ4n) is 4.16. The number of carbonyl (C=O) groups excluding carboxylic acids is 2. The maximum absolute atomic E-state index is 13.5. The molecule has 30 heavy (non-hydrogen) atoms. The normalized spacial score (nSPS) is 21.2. The Labute approximate surface area is 174 Å². The monoisotopic (exact) mass is 407 g/mol. The van der Waals surface area contributed by atoms with Gasteiger partial charge in [0.1, 0.15) is 17.1 Å². The number of esters is 1. The van der Waals surface area contributed by atoms with Crippen LogP contribution in [-0.4, -0.2) is 18.4 Å². The minimum Gasteiger partial charge on any atom is -0.462 e. The molecule has 0 amide bonds. The second-order valence-electron chi connectivity index (χ2n) is 7.36. The fourth-order valence-corrected chi connectivity index (χ4v) is 4.16. The molecule has 154 valence electrons. The molecule has 0 unspecified atom stereocenters. The quantitative estimate of drug-likeness (QED) is 0.773. The van der Waals surface area contributed by atoms with Crippen LogP contribution in [-0.2, 0) is 19.1 Å². The highest BCUT2D eigenvalue weighted by atomic mass is 19.1. The number of rotatable bonds is 4. The van der Waals surface area contributed by atoms with Gasteiger partial charge >= 0.3 is 5.97 Å². The second kappa shape index (κ2) is 8.14. The number of allylic oxidation sites excluding steroid dienone is 2. The van der Waals surface area contributed by atoms with Gasteiger partial charge in [-0.1, -0.05) is 42.5 Å². The maximum atomic E-state index is 13.5. The van der Waals surface area contributed by atoms with Crippen molar-refractivity contribution in [1.29, 1.82) is 0 Å². The Hall–Kier alpha value is -3.41. The molecule has 2 atom stereocenters. The minimum absolute atomic E-state index is 0.0386. The van der Waals surface area contributed by atoms with Crippen molar-refractivity contribution in [3.05, 3.63) is 94.3 Å². The molecule has 0 saturated carbocycles. The lowest BCUT2D eigenvalue weighted by molar-refractivity contribution is -0.139. The summed E-state index contributed by atoms with van der Waals surface area (Å²) < 4.78 is 24.5. The third-order valence-electron chi connectivity index (χ3n) is 5.51. The number of halogens is 1. The fraction of sp³-hybridized carbons (Fsp3) is 0.250. The molecule has 6 heteroatoms. The van der Waals surface area contributed by atoms with Gasteiger partial charge in [0.05, 0.1) is 12.5 Å². The van der Waals surface area contributed by atoms with E-state index in [2.05, 4.69) is 0 Å². The number of hydrogen-bond acceptors (Lipinski definition) is 5. The van der Waals surface area contributed by atoms with Crippen molar-refractivity contribution in [2.75, 3.05) is 6.61 Å². The van der Waals surface area contributed by atoms with E-state index in [9.17, 15) is 14.0 Å². The third kappa shape index (κ3) is 3.61. The van der Waals surface area contributed by atoms with Gasteiger partial charge in [0.2, 0.25) is 5.88 Å². The van der Waals surface area contributed by atoms with E-state index in [0.29, 0.717) is 29.7 Å². The summed E-state index contributed by atoms with van der Waals surface area (Å²) >= 11 is 0. The van der Waals surface area contributed by atoms with Crippen LogP contribution in [0.25, 0.3) is 0 Å². The summed E-state index contributed by atoms with van der Waals surface area (Å²) in [6.07, 6.45) is 0.777. The lowest BCUT2D eigenvalue weighted by atomic mass is 9.73. The van der Waals surface area contributed by atoms with E-state index < -0.39 is 17.7 Å². The molecule has 0 aromatic heterocycles. The van der Waals surface area contributed by atoms with Crippen molar-refractivity contribution in [3.63, 3.8) is 0 Å². The van der Waals surface area contributed by atoms with E-state index >= 15 is 0 Å². The first-order valence-electron chi connectivity index (χ1n) is 9.90. The van der Waals surface area contributed by atoms with Crippen LogP contribution in [0.1, 0.15) is 42.7 Å². The smallest absolute Gasteiger partial charge is 0.340 e. The zero-order valence-electron chi connectivity index (χ0n) is 16.6. The van der Waals surface area contributed by atoms with E-state index in [1.165, 1.54) is 12.1 Å². The Morgan fingerprint density at radius 2 is 1.80 bits per heavy atom. The van der Waals surface area contributed by atoms with Gasteiger partial charge in [0.15, 0.2) is 5.78 Å². The van der Waals surface area contributed by atoms with Crippen LogP contribution in [0.2, 0.25) is 0 Å². The van der Waals surface area contributed by atoms with Gasteiger partial charge in [-0.15, -0.1) is 0 Å². The topological polar surface area (TPSA) is 78.6 Å². The molecule has 1 aliphatic heterocycles. The summed E-state index contributed by atoms with van der Waals surface area (Å²) in [5, 5.41) is 0. The molecular weight excluding hydrogens is 385 g/mol. The highest BCUT2D eigenvalue weighted by Gasteiger charge is 2.43. The molecular formula is C24H22FNO4. The van der Waals surface area contributed by atoms with E-state index in [0.717, 1.165) is 5.56 Å². The van der Waals surface area contributed by atoms with E-state index in [1.807, 2.05) is 30.3 Å². The highest BCUT2D eigenvalue weighted by Crippen LogP contribution is 2.47. The first kappa shape index (κ1) is 19.9. The van der Waals surface area contributed by atoms with Crippen LogP contribution in [0.15, 0.2) is 77.4 Å². The van der Waals surface area contributed by atoms with E-state index in [1.54, 1.807) is 19.1 Å². The molecule has 5 nitrogen and oxygen atoms in total. The number of Topliss-reactive ketones (excluding diaryl/α,β-unsaturated/α-hetero) is 1. The average molecular weight is 407 g/mol. The van der Waals surface area contributed by atoms with E-state index in [-0.39, 0.29) is 29.8 Å². The number of ketones is 1. The molecule has 2 N–H and O–H groups in total. The molecule has 1 aliphatic carbocycles. The molecule has 0 saturated heterocycles. The van der Waals surface area contributed by atoms with Gasteiger partial charge in [0, 0.05) is 18.4 Å². The van der Waals surface area contributed by atoms with Gasteiger partial charge in [-0.3, -0.25) is 4.79 Å². The van der Waals surface area contributed by atoms with Crippen LogP contribution >= 0.6 is 0 Å². The van der Waals surface area contributed by atoms with Crippen LogP contribution in [0, 0.1) is 5.82 Å². The SMILES string of the molecule is CCOC(=O)C1=C(N)OC2=C(C(=O)C[C@@H](c3ccccc3)C2)[C@@H]1c1ccc(F)cc1. The van der Waals surface area contributed by atoms with E-state index in [4.69, 9.17) is 15.2 Å². The van der Waals surface area contributed by atoms with Crippen molar-refractivity contribution >= 4 is 11.8 Å². The first-order chi connectivity index (χ1) is 14.5. The summed E-state index contributed by atoms with van der Waals surface area (Å²) in [5.41, 5.74) is 8.24. The lowest BCUT2D eigenvalue weighted by Crippen LogP contribution is -2.33. The molecule has 1 heterocycles. The summed E-state index contributed by atoms with van der Waals surface area (Å²) in [6, 6.07) is 15.4. The Bertz CT molecular complexity index is 1040. The zero-order chi connectivity index (χ0) is 21.3. The van der Waals surface area contributed by atoms with Crippen LogP contribution in [0.4, 0.5) is 4.39 Å². The van der Waals surface area contributed by atoms with Crippen molar-refractivity contribution in [3.8, 4) is 0 Å². The average Bonchev–Trinajstić information content (AvgIpc) is 2.74. The van der Waals surface area contributed by atoms with Crippen LogP contribution in [0.3, 0.4) is 0 Å². The third-order valence-corrected chi connectivity index (χ3v) is 5.51. The highest BCUT2D eigenvalue weighted by molar-refractivity contribution is 6.03. The van der Waals surface area contributed by atoms with Crippen molar-refractivity contribution in [2.45, 2.75) is 31.6 Å². The van der Waals surface area contributed by atoms with Gasteiger partial charge < -0.3 is 15.2 Å². The summed E-state index contributed by atoms with van der Waals surface area (Å²) in [7, 11) is 0. The van der Waals surface area contributed by atoms with Crippen molar-refractivity contribution < 1.29 is 23.5 Å². The molecule has 2 aromatic rings. The molecule has 4 rings (SSSR count). The molecule has 2 aliphatic rings. The summed E-state index contributed by atoms with van der Waals surface area (Å²) in [5.74, 6) is -1.58. The minimum atomic E-state index is -0.752. The molecule has 0 bridgehead atoms. The lowest BCUT2D eigenvalue weighted by Gasteiger charge is -2.35. The molecule has 2 aromatic carbocycles. The maximum Gasteiger partial charge on any atom is 0.340 e. The van der Waals surface area contributed by atoms with Crippen molar-refractivity contribution in [1.82, 2.24) is 0 Å². The Morgan fingerprint density at radius 1 is 1.10 bits per heavy atom. The number of carbonyl (C=O) groups is 2. The van der Waals surface area contributed by atoms with Crippen LogP contribution in [0.5, 0.6) is 0 Å². The number of nitrogens with two attached hydrogens (primary N) is 1. The predicted molar refractivity (Wildman–Crippen MR) is 109 cm³/mol. The molecule has 0 spiro atoms. The largest absolute Gasteiger partial charge is 0.462 e. The summed E-state index contributed by atoms with van der Waals surface area (Å²) in [6.45, 7) is 1.84. The van der Waals surface area contributed by atoms with Crippen LogP contribution < -0.4 is 5.73 Å². The number of benzene rings is 2. The van der Waals surface area contributed by atoms with Gasteiger partial charge in [-0.2, -0.15) is 0 Å². The van der Waals surface area contributed by atoms with Gasteiger partial charge in [0.25, 0.3) is 0 Å². The number of hydrogen-bond donors (Lipinski definition) is 1. The Balaban J connectivity index is 1.80. The van der Waals surface area contributed by atoms with Crippen molar-refractivity contribution in [2.24, 2.45) is 5.73 Å². The molecule has 0 fully saturated rings. The Morgan fingerprint density at radius 3 is 2.47 bits per heavy atom. The summed E-state index contributed by atoms with van der Waals surface area (Å²) in [4.78, 5) is 25.9. The van der Waals surface area contributed by atoms with Gasteiger partial charge in [-0.05, 0) is 36.1 Å². The molecule has 0 radical (unpaired) electrons. The van der Waals surface area contributed by atoms with Gasteiger partial charge in [-0.25, -0.2) is 9.18 Å². The zero-order valence-corrected chi connectivity index (χ0v) is 16.6. The Kier molecular flexibility index (Phi) is 5.40. The predicted octanol–water partition coefficient (Wildman–Crippen LogP) is 4.07. The number of ether oxygens (including phenoxy) is 2. The standard InChI is InChI=1S/C24H22FNO4/c1-2-29-24(28)22-20(15-8-10-17(25)11-9-15)21-18(27)12-16(13-19(21)30-23(22)26)14-6-4-3-5-7-14/h3-11,16,20H,2,12-13,26H2,1H3/t16-,20+/m1/s1. The first-order valence-corrected chi connectivity index (χ1v) is 9.90. The second-order valence-corrected chi connectivity index (χ2v) is 7.36.